The molecular formula is C61H36Br8Cl2Co2N8O13. The van der Waals surface area contributed by atoms with Crippen molar-refractivity contribution in [2.24, 2.45) is 0 Å². The fraction of sp³-hybridized carbons (Fsp3) is 0.0164. The number of hydrogen-bond acceptors (Lipinski definition) is 21. The van der Waals surface area contributed by atoms with Crippen molar-refractivity contribution >= 4 is 215 Å². The van der Waals surface area contributed by atoms with Gasteiger partial charge in [-0.2, -0.15) is 0 Å². The molecule has 0 unspecified atom stereocenters. The standard InChI is InChI=1S/4C12H8N2.2C6H2Br4O2.CH4O.2ClHO4.2Co/c4*1-3-9-5-6-10-4-2-8-14-12(10)11(9)13-7-1;2*7-1-2(8)4(10)6(12)5(11)3(1)9;1-2;2*2-1(3,4)5;;/h4*1-8H;2*11-12H;2H,1H3;2*(H,2,3,4,5);;/q;;;;;;;;;2*+3/p-6. The number of aliphatic hydroxyl groups is 1. The van der Waals surface area contributed by atoms with E-state index < -0.39 is 43.5 Å². The molecule has 8 heterocycles. The fourth-order valence-corrected chi connectivity index (χ4v) is 12.0. The van der Waals surface area contributed by atoms with E-state index in [4.69, 9.17) is 42.4 Å². The predicted octanol–water partition coefficient (Wildman–Crippen LogP) is 6.99. The summed E-state index contributed by atoms with van der Waals surface area (Å²) in [5.74, 6) is -2.23. The molecule has 0 spiro atoms. The average Bonchev–Trinajstić information content (AvgIpc) is 0.856. The Morgan fingerprint density at radius 1 is 0.234 bits per heavy atom. The molecule has 94 heavy (non-hydrogen) atoms. The molecule has 0 saturated heterocycles. The van der Waals surface area contributed by atoms with Crippen LogP contribution in [-0.4, -0.2) is 52.1 Å². The van der Waals surface area contributed by atoms with E-state index in [0.717, 1.165) is 94.3 Å². The van der Waals surface area contributed by atoms with Crippen LogP contribution < -0.4 is 57.7 Å². The number of fused-ring (bicyclic) bond motifs is 12. The Balaban J connectivity index is 0.000000232. The zero-order valence-electron chi connectivity index (χ0n) is 46.8. The summed E-state index contributed by atoms with van der Waals surface area (Å²) in [6, 6.07) is 48.6. The van der Waals surface area contributed by atoms with Gasteiger partial charge in [0.15, 0.2) is 0 Å². The molecule has 0 fully saturated rings. The minimum absolute atomic E-state index is 0. The molecule has 14 aromatic rings. The van der Waals surface area contributed by atoms with Crippen molar-refractivity contribution in [3.63, 3.8) is 0 Å². The number of nitrogens with zero attached hydrogens (tertiary/aromatic N) is 8. The van der Waals surface area contributed by atoms with Crippen molar-refractivity contribution in [1.82, 2.24) is 39.9 Å². The van der Waals surface area contributed by atoms with Crippen molar-refractivity contribution < 1.29 is 117 Å². The molecule has 6 aromatic carbocycles. The second-order valence-corrected chi connectivity index (χ2v) is 25.3. The average molecular weight is 1920 g/mol. The van der Waals surface area contributed by atoms with Crippen molar-refractivity contribution in [3.05, 3.63) is 231 Å². The fourth-order valence-electron chi connectivity index (χ4n) is 7.90. The van der Waals surface area contributed by atoms with Crippen LogP contribution in [0.3, 0.4) is 0 Å². The molecule has 0 aliphatic rings. The van der Waals surface area contributed by atoms with Gasteiger partial charge in [-0.05, 0) is 112 Å². The first-order valence-corrected chi connectivity index (χ1v) is 34.0. The Morgan fingerprint density at radius 3 is 0.447 bits per heavy atom. The third-order valence-electron chi connectivity index (χ3n) is 11.7. The summed E-state index contributed by atoms with van der Waals surface area (Å²) in [5.41, 5.74) is 7.82. The number of pyridine rings is 8. The number of benzene rings is 6. The molecular weight excluding hydrogens is 1880 g/mol. The quantitative estimate of drug-likeness (QED) is 0.0907. The van der Waals surface area contributed by atoms with Crippen LogP contribution >= 0.6 is 127 Å². The van der Waals surface area contributed by atoms with Crippen LogP contribution in [0.25, 0.3) is 87.2 Å². The summed E-state index contributed by atoms with van der Waals surface area (Å²) < 4.78 is 71.1. The zero-order valence-corrected chi connectivity index (χ0v) is 63.1. The summed E-state index contributed by atoms with van der Waals surface area (Å²) in [5, 5.41) is 60.6. The third kappa shape index (κ3) is 23.0. The topological polar surface area (TPSA) is 400 Å². The minimum atomic E-state index is -4.94. The van der Waals surface area contributed by atoms with Gasteiger partial charge in [0, 0.05) is 136 Å². The van der Waals surface area contributed by atoms with E-state index >= 15 is 0 Å². The maximum Gasteiger partial charge on any atom is 3.00 e. The second-order valence-electron chi connectivity index (χ2n) is 17.4. The van der Waals surface area contributed by atoms with E-state index in [1.165, 1.54) is 0 Å². The van der Waals surface area contributed by atoms with E-state index in [1.807, 2.05) is 48.5 Å². The van der Waals surface area contributed by atoms with E-state index in [9.17, 15) is 20.4 Å². The third-order valence-corrected chi connectivity index (χ3v) is 21.1. The van der Waals surface area contributed by atoms with Gasteiger partial charge in [-0.3, -0.25) is 39.9 Å². The first-order chi connectivity index (χ1) is 43.7. The van der Waals surface area contributed by atoms with Gasteiger partial charge in [-0.15, -0.1) is 43.5 Å². The van der Waals surface area contributed by atoms with E-state index in [0.29, 0.717) is 17.9 Å². The summed E-state index contributed by atoms with van der Waals surface area (Å²) in [6.45, 7) is 0. The minimum Gasteiger partial charge on any atom is -0.872 e. The molecule has 0 bridgehead atoms. The molecule has 0 aliphatic heterocycles. The van der Waals surface area contributed by atoms with E-state index in [1.54, 1.807) is 49.6 Å². The van der Waals surface area contributed by atoms with Gasteiger partial charge in [-0.25, -0.2) is 37.3 Å². The molecule has 486 valence electrons. The summed E-state index contributed by atoms with van der Waals surface area (Å²) >= 11 is 24.6. The van der Waals surface area contributed by atoms with Gasteiger partial charge in [-0.1, -0.05) is 161 Å². The maximum absolute atomic E-state index is 11.1. The number of aromatic nitrogens is 8. The van der Waals surface area contributed by atoms with E-state index in [-0.39, 0.29) is 51.4 Å². The van der Waals surface area contributed by atoms with Crippen LogP contribution in [0, 0.1) is 20.5 Å². The molecule has 0 atom stereocenters. The number of rotatable bonds is 0. The van der Waals surface area contributed by atoms with Gasteiger partial charge in [0.1, 0.15) is 0 Å². The normalized spacial score (nSPS) is 10.4. The summed E-state index contributed by atoms with van der Waals surface area (Å²) in [6.07, 6.45) is 14.4. The predicted molar refractivity (Wildman–Crippen MR) is 349 cm³/mol. The number of aliphatic hydroxyl groups excluding tert-OH is 1. The van der Waals surface area contributed by atoms with Crippen molar-refractivity contribution in [3.8, 4) is 23.0 Å². The van der Waals surface area contributed by atoms with Gasteiger partial charge in [0.05, 0.1) is 44.1 Å². The molecule has 0 amide bonds. The largest absolute Gasteiger partial charge is 3.00 e. The Morgan fingerprint density at radius 2 is 0.340 bits per heavy atom. The molecule has 14 rings (SSSR count). The first kappa shape index (κ1) is 81.3. The van der Waals surface area contributed by atoms with Crippen LogP contribution in [0.2, 0.25) is 0 Å². The molecule has 21 nitrogen and oxygen atoms in total. The van der Waals surface area contributed by atoms with Crippen LogP contribution in [0.4, 0.5) is 0 Å². The van der Waals surface area contributed by atoms with Crippen molar-refractivity contribution in [2.45, 2.75) is 0 Å². The second kappa shape index (κ2) is 38.7. The Kier molecular flexibility index (Phi) is 33.5. The van der Waals surface area contributed by atoms with Gasteiger partial charge in [0.2, 0.25) is 0 Å². The van der Waals surface area contributed by atoms with Gasteiger partial charge >= 0.3 is 33.6 Å². The Labute approximate surface area is 625 Å². The van der Waals surface area contributed by atoms with Gasteiger partial charge < -0.3 is 25.5 Å². The van der Waals surface area contributed by atoms with Crippen LogP contribution in [0.5, 0.6) is 23.0 Å². The Hall–Kier alpha value is -5.13. The van der Waals surface area contributed by atoms with Crippen LogP contribution in [-0.2, 0) is 33.6 Å². The molecule has 0 radical (unpaired) electrons. The van der Waals surface area contributed by atoms with Crippen molar-refractivity contribution in [1.29, 1.82) is 0 Å². The number of halogens is 10. The van der Waals surface area contributed by atoms with E-state index in [2.05, 4.69) is 264 Å². The van der Waals surface area contributed by atoms with Gasteiger partial charge in [0.25, 0.3) is 0 Å². The Bertz CT molecular complexity index is 3890. The monoisotopic (exact) mass is 1910 g/mol. The number of hydrogen-bond donors (Lipinski definition) is 1. The van der Waals surface area contributed by atoms with Crippen molar-refractivity contribution in [2.75, 3.05) is 7.11 Å². The maximum atomic E-state index is 11.1. The summed E-state index contributed by atoms with van der Waals surface area (Å²) in [4.78, 5) is 34.8. The molecule has 1 N–H and O–H groups in total. The molecule has 0 aliphatic carbocycles. The SMILES string of the molecule is CO.[Co+3].[Co+3].[O-][Cl+3]([O-])([O-])[O-].[O-][Cl+3]([O-])([O-])[O-].[O-]c1c([O-])c(Br)c(Br)c(Br)c1Br.[O-]c1c([O-])c(Br)c(Br)c(Br)c1Br.c1cnc2c(c1)ccc1cccnc12.c1cnc2c(c1)ccc1cccnc12.c1cnc2c(c1)ccc1cccnc12.c1cnc2c(c1)ccc1cccnc12. The molecule has 8 aromatic heterocycles. The molecule has 33 heteroatoms. The zero-order chi connectivity index (χ0) is 67.5. The van der Waals surface area contributed by atoms with Crippen LogP contribution in [0.15, 0.2) is 231 Å². The van der Waals surface area contributed by atoms with Crippen LogP contribution in [0.1, 0.15) is 0 Å². The first-order valence-electron chi connectivity index (χ1n) is 25.1. The smallest absolute Gasteiger partial charge is 0.872 e. The molecule has 0 saturated carbocycles. The summed E-state index contributed by atoms with van der Waals surface area (Å²) in [7, 11) is -8.89.